The van der Waals surface area contributed by atoms with E-state index in [1.165, 1.54) is 19.3 Å². The molecular weight excluding hydrogens is 242 g/mol. The van der Waals surface area contributed by atoms with Gasteiger partial charge in [-0.05, 0) is 44.2 Å². The van der Waals surface area contributed by atoms with Crippen LogP contribution >= 0.6 is 0 Å². The van der Waals surface area contributed by atoms with Crippen LogP contribution in [0.3, 0.4) is 0 Å². The second kappa shape index (κ2) is 6.54. The lowest BCUT2D eigenvalue weighted by Crippen LogP contribution is -2.39. The maximum Gasteiger partial charge on any atom is 0.265 e. The van der Waals surface area contributed by atoms with Crippen molar-refractivity contribution in [2.24, 2.45) is 5.84 Å². The van der Waals surface area contributed by atoms with Gasteiger partial charge in [0, 0.05) is 18.2 Å². The first-order valence-corrected chi connectivity index (χ1v) is 6.65. The van der Waals surface area contributed by atoms with E-state index in [9.17, 15) is 4.79 Å². The van der Waals surface area contributed by atoms with Gasteiger partial charge in [0.15, 0.2) is 0 Å². The number of hydrogen-bond donors (Lipinski definition) is 2. The van der Waals surface area contributed by atoms with Crippen LogP contribution < -0.4 is 16.0 Å². The molecule has 1 amide bonds. The predicted octanol–water partition coefficient (Wildman–Crippen LogP) is 1.15. The summed E-state index contributed by atoms with van der Waals surface area (Å²) in [5.41, 5.74) is 2.63. The number of carbonyl (C=O) groups is 1. The second-order valence-corrected chi connectivity index (χ2v) is 4.91. The summed E-state index contributed by atoms with van der Waals surface area (Å²) in [4.78, 5) is 13.6. The molecule has 0 aliphatic heterocycles. The minimum atomic E-state index is -0.295. The summed E-state index contributed by atoms with van der Waals surface area (Å²) in [5.74, 6) is 5.54. The zero-order valence-corrected chi connectivity index (χ0v) is 11.3. The molecule has 0 radical (unpaired) electrons. The normalized spacial score (nSPS) is 15.1. The maximum atomic E-state index is 11.3. The zero-order valence-electron chi connectivity index (χ0n) is 11.3. The summed E-state index contributed by atoms with van der Waals surface area (Å²) in [6, 6.07) is 7.71. The molecule has 0 heterocycles. The van der Waals surface area contributed by atoms with Gasteiger partial charge in [0.25, 0.3) is 5.91 Å². The standard InChI is InChI=1S/C14H21N3O2/c1-17(12-3-2-4-12)9-10-19-13-7-5-11(6-8-13)14(18)16-15/h5-8,12H,2-4,9-10,15H2,1H3,(H,16,18). The molecule has 0 bridgehead atoms. The van der Waals surface area contributed by atoms with Crippen molar-refractivity contribution in [3.63, 3.8) is 0 Å². The minimum Gasteiger partial charge on any atom is -0.492 e. The molecule has 0 saturated heterocycles. The summed E-state index contributed by atoms with van der Waals surface area (Å²) in [7, 11) is 2.14. The fraction of sp³-hybridized carbons (Fsp3) is 0.500. The van der Waals surface area contributed by atoms with E-state index >= 15 is 0 Å². The molecule has 1 fully saturated rings. The summed E-state index contributed by atoms with van der Waals surface area (Å²) in [6.45, 7) is 1.59. The Balaban J connectivity index is 1.75. The van der Waals surface area contributed by atoms with E-state index < -0.39 is 0 Å². The molecule has 1 saturated carbocycles. The number of carbonyl (C=O) groups excluding carboxylic acids is 1. The van der Waals surface area contributed by atoms with E-state index in [2.05, 4.69) is 17.4 Å². The number of hydrazine groups is 1. The molecule has 0 unspecified atom stereocenters. The average molecular weight is 263 g/mol. The highest BCUT2D eigenvalue weighted by Crippen LogP contribution is 2.23. The Labute approximate surface area is 113 Å². The third kappa shape index (κ3) is 3.68. The molecule has 2 rings (SSSR count). The van der Waals surface area contributed by atoms with Crippen LogP contribution in [0.15, 0.2) is 24.3 Å². The molecule has 0 spiro atoms. The minimum absolute atomic E-state index is 0.295. The summed E-state index contributed by atoms with van der Waals surface area (Å²) in [6.07, 6.45) is 3.96. The van der Waals surface area contributed by atoms with Gasteiger partial charge in [0.2, 0.25) is 0 Å². The smallest absolute Gasteiger partial charge is 0.265 e. The van der Waals surface area contributed by atoms with E-state index in [-0.39, 0.29) is 5.91 Å². The Morgan fingerprint density at radius 3 is 2.63 bits per heavy atom. The van der Waals surface area contributed by atoms with Crippen molar-refractivity contribution < 1.29 is 9.53 Å². The van der Waals surface area contributed by atoms with Crippen LogP contribution in [0.4, 0.5) is 0 Å². The highest BCUT2D eigenvalue weighted by molar-refractivity contribution is 5.93. The van der Waals surface area contributed by atoms with Crippen molar-refractivity contribution in [1.29, 1.82) is 0 Å². The molecule has 5 nitrogen and oxygen atoms in total. The number of nitrogens with two attached hydrogens (primary N) is 1. The summed E-state index contributed by atoms with van der Waals surface area (Å²) in [5, 5.41) is 0. The fourth-order valence-corrected chi connectivity index (χ4v) is 2.10. The van der Waals surface area contributed by atoms with E-state index in [1.54, 1.807) is 24.3 Å². The van der Waals surface area contributed by atoms with Gasteiger partial charge in [-0.1, -0.05) is 6.42 Å². The van der Waals surface area contributed by atoms with Crippen LogP contribution in [-0.4, -0.2) is 37.0 Å². The molecule has 1 aliphatic rings. The van der Waals surface area contributed by atoms with Crippen LogP contribution in [0.5, 0.6) is 5.75 Å². The first-order valence-electron chi connectivity index (χ1n) is 6.65. The molecule has 19 heavy (non-hydrogen) atoms. The first-order chi connectivity index (χ1) is 9.20. The number of hydrogen-bond acceptors (Lipinski definition) is 4. The third-order valence-electron chi connectivity index (χ3n) is 3.66. The molecule has 1 aliphatic carbocycles. The highest BCUT2D eigenvalue weighted by Gasteiger charge is 2.21. The van der Waals surface area contributed by atoms with Crippen molar-refractivity contribution in [3.8, 4) is 5.75 Å². The summed E-state index contributed by atoms with van der Waals surface area (Å²) >= 11 is 0. The number of amides is 1. The van der Waals surface area contributed by atoms with Gasteiger partial charge in [-0.15, -0.1) is 0 Å². The van der Waals surface area contributed by atoms with Crippen molar-refractivity contribution in [3.05, 3.63) is 29.8 Å². The number of nitrogens with one attached hydrogen (secondary N) is 1. The van der Waals surface area contributed by atoms with Gasteiger partial charge in [0.1, 0.15) is 12.4 Å². The molecular formula is C14H21N3O2. The molecule has 5 heteroatoms. The lowest BCUT2D eigenvalue weighted by Gasteiger charge is -2.34. The largest absolute Gasteiger partial charge is 0.492 e. The van der Waals surface area contributed by atoms with E-state index in [0.29, 0.717) is 12.2 Å². The van der Waals surface area contributed by atoms with E-state index in [1.807, 2.05) is 0 Å². The Hall–Kier alpha value is -1.59. The predicted molar refractivity (Wildman–Crippen MR) is 73.9 cm³/mol. The van der Waals surface area contributed by atoms with Gasteiger partial charge < -0.3 is 9.64 Å². The van der Waals surface area contributed by atoms with Crippen LogP contribution in [0.25, 0.3) is 0 Å². The number of benzene rings is 1. The van der Waals surface area contributed by atoms with Gasteiger partial charge >= 0.3 is 0 Å². The van der Waals surface area contributed by atoms with E-state index in [0.717, 1.165) is 18.3 Å². The number of nitrogens with zero attached hydrogens (tertiary/aromatic N) is 1. The SMILES string of the molecule is CN(CCOc1ccc(C(=O)NN)cc1)C1CCC1. The van der Waals surface area contributed by atoms with E-state index in [4.69, 9.17) is 10.6 Å². The van der Waals surface area contributed by atoms with Crippen LogP contribution in [0.1, 0.15) is 29.6 Å². The average Bonchev–Trinajstić information content (AvgIpc) is 2.36. The van der Waals surface area contributed by atoms with Crippen LogP contribution in [-0.2, 0) is 0 Å². The lowest BCUT2D eigenvalue weighted by molar-refractivity contribution is 0.0953. The Bertz CT molecular complexity index is 415. The fourth-order valence-electron chi connectivity index (χ4n) is 2.10. The molecule has 1 aromatic rings. The van der Waals surface area contributed by atoms with Gasteiger partial charge in [-0.2, -0.15) is 0 Å². The maximum absolute atomic E-state index is 11.3. The monoisotopic (exact) mass is 263 g/mol. The second-order valence-electron chi connectivity index (χ2n) is 4.91. The third-order valence-corrected chi connectivity index (χ3v) is 3.66. The van der Waals surface area contributed by atoms with Gasteiger partial charge in [-0.25, -0.2) is 5.84 Å². The quantitative estimate of drug-likeness (QED) is 0.459. The van der Waals surface area contributed by atoms with Crippen molar-refractivity contribution >= 4 is 5.91 Å². The Morgan fingerprint density at radius 1 is 1.42 bits per heavy atom. The van der Waals surface area contributed by atoms with Crippen molar-refractivity contribution in [2.75, 3.05) is 20.2 Å². The number of ether oxygens (including phenoxy) is 1. The summed E-state index contributed by atoms with van der Waals surface area (Å²) < 4.78 is 5.66. The van der Waals surface area contributed by atoms with Gasteiger partial charge in [0.05, 0.1) is 0 Å². The van der Waals surface area contributed by atoms with Crippen LogP contribution in [0.2, 0.25) is 0 Å². The lowest BCUT2D eigenvalue weighted by atomic mass is 9.92. The number of likely N-dealkylation sites (N-methyl/N-ethyl adjacent to an activating group) is 1. The molecule has 0 atom stereocenters. The number of rotatable bonds is 6. The molecule has 104 valence electrons. The molecule has 3 N–H and O–H groups in total. The van der Waals surface area contributed by atoms with Crippen LogP contribution in [0, 0.1) is 0 Å². The van der Waals surface area contributed by atoms with Gasteiger partial charge in [-0.3, -0.25) is 10.2 Å². The number of nitrogen functional groups attached to an aromatic ring is 1. The van der Waals surface area contributed by atoms with Crippen molar-refractivity contribution in [2.45, 2.75) is 25.3 Å². The highest BCUT2D eigenvalue weighted by atomic mass is 16.5. The topological polar surface area (TPSA) is 67.6 Å². The molecule has 0 aromatic heterocycles. The zero-order chi connectivity index (χ0) is 13.7. The van der Waals surface area contributed by atoms with Crippen molar-refractivity contribution in [1.82, 2.24) is 10.3 Å². The Kier molecular flexibility index (Phi) is 4.76. The Morgan fingerprint density at radius 2 is 2.11 bits per heavy atom. The first kappa shape index (κ1) is 13.8. The molecule has 1 aromatic carbocycles.